The summed E-state index contributed by atoms with van der Waals surface area (Å²) >= 11 is 0. The molecule has 3 rings (SSSR count). The second kappa shape index (κ2) is 5.63. The number of carbonyl (C=O) groups is 2. The first-order valence-corrected chi connectivity index (χ1v) is 7.22. The summed E-state index contributed by atoms with van der Waals surface area (Å²) in [7, 11) is 1.82. The van der Waals surface area contributed by atoms with Crippen LogP contribution in [0.15, 0.2) is 30.7 Å². The third kappa shape index (κ3) is 2.59. The second-order valence-electron chi connectivity index (χ2n) is 5.49. The van der Waals surface area contributed by atoms with E-state index in [-0.39, 0.29) is 11.5 Å². The van der Waals surface area contributed by atoms with E-state index in [4.69, 9.17) is 5.11 Å². The molecule has 0 fully saturated rings. The van der Waals surface area contributed by atoms with E-state index in [1.54, 1.807) is 40.2 Å². The van der Waals surface area contributed by atoms with Crippen molar-refractivity contribution in [3.8, 4) is 0 Å². The van der Waals surface area contributed by atoms with Gasteiger partial charge in [0.2, 0.25) is 0 Å². The van der Waals surface area contributed by atoms with Crippen LogP contribution in [-0.4, -0.2) is 33.1 Å². The van der Waals surface area contributed by atoms with E-state index in [2.05, 4.69) is 4.98 Å². The largest absolute Gasteiger partial charge is 0.478 e. The van der Waals surface area contributed by atoms with Crippen molar-refractivity contribution >= 4 is 17.6 Å². The lowest BCUT2D eigenvalue weighted by Crippen LogP contribution is -2.32. The van der Waals surface area contributed by atoms with Crippen LogP contribution in [0.25, 0.3) is 0 Å². The lowest BCUT2D eigenvalue weighted by Gasteiger charge is -2.22. The minimum Gasteiger partial charge on any atom is -0.478 e. The van der Waals surface area contributed by atoms with Crippen molar-refractivity contribution in [2.45, 2.75) is 19.3 Å². The molecule has 1 aromatic carbocycles. The fourth-order valence-corrected chi connectivity index (χ4v) is 2.76. The van der Waals surface area contributed by atoms with Crippen molar-refractivity contribution < 1.29 is 14.7 Å². The van der Waals surface area contributed by atoms with Crippen LogP contribution < -0.4 is 4.90 Å². The molecule has 22 heavy (non-hydrogen) atoms. The van der Waals surface area contributed by atoms with Crippen molar-refractivity contribution in [3.05, 3.63) is 47.5 Å². The monoisotopic (exact) mass is 299 g/mol. The molecule has 1 amide bonds. The van der Waals surface area contributed by atoms with Gasteiger partial charge in [-0.1, -0.05) is 0 Å². The van der Waals surface area contributed by atoms with E-state index >= 15 is 0 Å². The van der Waals surface area contributed by atoms with Crippen LogP contribution >= 0.6 is 0 Å². The molecule has 1 N–H and O–H groups in total. The number of amides is 1. The quantitative estimate of drug-likeness (QED) is 0.921. The molecule has 6 nitrogen and oxygen atoms in total. The number of carboxylic acids is 1. The summed E-state index contributed by atoms with van der Waals surface area (Å²) in [5.41, 5.74) is 2.35. The summed E-state index contributed by atoms with van der Waals surface area (Å²) in [5, 5.41) is 9.12. The molecule has 0 radical (unpaired) electrons. The Morgan fingerprint density at radius 3 is 2.77 bits per heavy atom. The predicted molar refractivity (Wildman–Crippen MR) is 81.2 cm³/mol. The normalized spacial score (nSPS) is 14.3. The Hall–Kier alpha value is -2.63. The number of aryl methyl sites for hydroxylation is 2. The number of nitrogens with zero attached hydrogens (tertiary/aromatic N) is 3. The molecule has 1 aromatic heterocycles. The van der Waals surface area contributed by atoms with Gasteiger partial charge in [-0.25, -0.2) is 9.78 Å². The predicted octanol–water partition coefficient (Wildman–Crippen LogP) is 2.10. The number of rotatable bonds is 2. The van der Waals surface area contributed by atoms with E-state index < -0.39 is 5.97 Å². The van der Waals surface area contributed by atoms with Crippen molar-refractivity contribution in [2.75, 3.05) is 11.4 Å². The lowest BCUT2D eigenvalue weighted by atomic mass is 10.0. The number of aromatic nitrogens is 2. The van der Waals surface area contributed by atoms with Crippen LogP contribution in [0.1, 0.15) is 39.3 Å². The van der Waals surface area contributed by atoms with Crippen LogP contribution in [0, 0.1) is 0 Å². The Morgan fingerprint density at radius 2 is 2.09 bits per heavy atom. The van der Waals surface area contributed by atoms with Gasteiger partial charge in [0.1, 0.15) is 5.69 Å². The summed E-state index contributed by atoms with van der Waals surface area (Å²) in [4.78, 5) is 29.6. The number of fused-ring (bicyclic) bond motifs is 1. The zero-order valence-corrected chi connectivity index (χ0v) is 12.3. The van der Waals surface area contributed by atoms with Gasteiger partial charge in [-0.15, -0.1) is 0 Å². The average Bonchev–Trinajstić information content (AvgIpc) is 2.82. The van der Waals surface area contributed by atoms with Crippen LogP contribution in [0.3, 0.4) is 0 Å². The molecular formula is C16H17N3O3. The first-order valence-electron chi connectivity index (χ1n) is 7.22. The lowest BCUT2D eigenvalue weighted by molar-refractivity contribution is 0.0696. The number of carbonyl (C=O) groups excluding carboxylic acids is 1. The first-order chi connectivity index (χ1) is 10.6. The summed E-state index contributed by atoms with van der Waals surface area (Å²) in [5.74, 6) is -1.10. The highest BCUT2D eigenvalue weighted by molar-refractivity contribution is 6.05. The van der Waals surface area contributed by atoms with E-state index in [0.29, 0.717) is 12.2 Å². The van der Waals surface area contributed by atoms with Crippen LogP contribution in [0.5, 0.6) is 0 Å². The highest BCUT2D eigenvalue weighted by Gasteiger charge is 2.24. The van der Waals surface area contributed by atoms with Crippen LogP contribution in [0.2, 0.25) is 0 Å². The van der Waals surface area contributed by atoms with Crippen LogP contribution in [-0.2, 0) is 13.5 Å². The average molecular weight is 299 g/mol. The third-order valence-electron chi connectivity index (χ3n) is 3.86. The van der Waals surface area contributed by atoms with Gasteiger partial charge in [0, 0.05) is 25.5 Å². The molecule has 1 aliphatic rings. The molecule has 0 bridgehead atoms. The minimum atomic E-state index is -0.949. The maximum Gasteiger partial charge on any atom is 0.335 e. The summed E-state index contributed by atoms with van der Waals surface area (Å²) in [6.45, 7) is 0.620. The van der Waals surface area contributed by atoms with Gasteiger partial charge in [-0.05, 0) is 43.0 Å². The SMILES string of the molecule is Cn1cnc(C(=O)N2CCCCc3cc(C(=O)O)ccc32)c1. The molecule has 0 atom stereocenters. The standard InChI is InChI=1S/C16H17N3O3/c1-18-9-13(17-10-18)15(20)19-7-3-2-4-11-8-12(16(21)22)5-6-14(11)19/h5-6,8-10H,2-4,7H2,1H3,(H,21,22). The van der Waals surface area contributed by atoms with Gasteiger partial charge in [-0.3, -0.25) is 4.79 Å². The molecule has 2 heterocycles. The Kier molecular flexibility index (Phi) is 3.66. The Labute approximate surface area is 128 Å². The van der Waals surface area contributed by atoms with Gasteiger partial charge in [0.25, 0.3) is 5.91 Å². The molecule has 0 aliphatic carbocycles. The number of benzene rings is 1. The molecular weight excluding hydrogens is 282 g/mol. The number of carboxylic acid groups (broad SMARTS) is 1. The minimum absolute atomic E-state index is 0.146. The topological polar surface area (TPSA) is 75.4 Å². The van der Waals surface area contributed by atoms with Crippen molar-refractivity contribution in [1.82, 2.24) is 9.55 Å². The van der Waals surface area contributed by atoms with Crippen molar-refractivity contribution in [3.63, 3.8) is 0 Å². The molecule has 0 saturated carbocycles. The Bertz CT molecular complexity index is 736. The smallest absolute Gasteiger partial charge is 0.335 e. The van der Waals surface area contributed by atoms with E-state index in [9.17, 15) is 9.59 Å². The highest BCUT2D eigenvalue weighted by Crippen LogP contribution is 2.28. The van der Waals surface area contributed by atoms with Crippen LogP contribution in [0.4, 0.5) is 5.69 Å². The zero-order valence-electron chi connectivity index (χ0n) is 12.3. The highest BCUT2D eigenvalue weighted by atomic mass is 16.4. The van der Waals surface area contributed by atoms with Gasteiger partial charge in [0.05, 0.1) is 11.9 Å². The molecule has 114 valence electrons. The summed E-state index contributed by atoms with van der Waals surface area (Å²) < 4.78 is 1.74. The number of anilines is 1. The molecule has 0 unspecified atom stereocenters. The maximum absolute atomic E-state index is 12.7. The molecule has 1 aliphatic heterocycles. The number of hydrogen-bond donors (Lipinski definition) is 1. The fraction of sp³-hybridized carbons (Fsp3) is 0.312. The third-order valence-corrected chi connectivity index (χ3v) is 3.86. The summed E-state index contributed by atoms with van der Waals surface area (Å²) in [6, 6.07) is 4.94. The second-order valence-corrected chi connectivity index (χ2v) is 5.49. The van der Waals surface area contributed by atoms with Crippen molar-refractivity contribution in [1.29, 1.82) is 0 Å². The van der Waals surface area contributed by atoms with E-state index in [1.807, 2.05) is 7.05 Å². The van der Waals surface area contributed by atoms with Crippen molar-refractivity contribution in [2.24, 2.45) is 7.05 Å². The maximum atomic E-state index is 12.7. The Morgan fingerprint density at radius 1 is 1.27 bits per heavy atom. The number of aromatic carboxylic acids is 1. The van der Waals surface area contributed by atoms with Gasteiger partial charge in [-0.2, -0.15) is 0 Å². The molecule has 0 spiro atoms. The van der Waals surface area contributed by atoms with Gasteiger partial charge >= 0.3 is 5.97 Å². The van der Waals surface area contributed by atoms with Gasteiger partial charge < -0.3 is 14.6 Å². The van der Waals surface area contributed by atoms with E-state index in [0.717, 1.165) is 30.5 Å². The summed E-state index contributed by atoms with van der Waals surface area (Å²) in [6.07, 6.45) is 5.89. The Balaban J connectivity index is 2.00. The molecule has 0 saturated heterocycles. The number of imidazole rings is 1. The van der Waals surface area contributed by atoms with Gasteiger partial charge in [0.15, 0.2) is 0 Å². The van der Waals surface area contributed by atoms with E-state index in [1.165, 1.54) is 0 Å². The first kappa shape index (κ1) is 14.3. The fourth-order valence-electron chi connectivity index (χ4n) is 2.76. The zero-order chi connectivity index (χ0) is 15.7. The molecule has 2 aromatic rings. The number of hydrogen-bond acceptors (Lipinski definition) is 3. The molecule has 6 heteroatoms.